The van der Waals surface area contributed by atoms with E-state index in [1.165, 1.54) is 18.3 Å². The molecule has 1 aromatic heterocycles. The van der Waals surface area contributed by atoms with Gasteiger partial charge in [0.15, 0.2) is 0 Å². The summed E-state index contributed by atoms with van der Waals surface area (Å²) in [6.45, 7) is 0. The fourth-order valence-corrected chi connectivity index (χ4v) is 1.44. The highest BCUT2D eigenvalue weighted by Crippen LogP contribution is 2.17. The summed E-state index contributed by atoms with van der Waals surface area (Å²) in [5.41, 5.74) is 0.194. The molecule has 0 aliphatic carbocycles. The highest BCUT2D eigenvalue weighted by atomic mass is 35.5. The molecule has 2 N–H and O–H groups in total. The molecule has 0 bridgehead atoms. The van der Waals surface area contributed by atoms with E-state index in [9.17, 15) is 9.18 Å². The van der Waals surface area contributed by atoms with Crippen LogP contribution in [0, 0.1) is 5.82 Å². The first kappa shape index (κ1) is 10.6. The highest BCUT2D eigenvalue weighted by molar-refractivity contribution is 6.34. The molecular formula is C10H7ClFN3O. The first-order chi connectivity index (χ1) is 7.66. The first-order valence-electron chi connectivity index (χ1n) is 4.42. The average molecular weight is 240 g/mol. The number of hydrogen-bond donors (Lipinski definition) is 2. The third-order valence-corrected chi connectivity index (χ3v) is 2.22. The van der Waals surface area contributed by atoms with Crippen molar-refractivity contribution in [2.45, 2.75) is 0 Å². The number of carbonyl (C=O) groups is 1. The zero-order chi connectivity index (χ0) is 11.5. The van der Waals surface area contributed by atoms with Crippen molar-refractivity contribution in [3.05, 3.63) is 47.0 Å². The molecule has 1 heterocycles. The zero-order valence-corrected chi connectivity index (χ0v) is 8.75. The second kappa shape index (κ2) is 4.32. The Labute approximate surface area is 95.5 Å². The minimum atomic E-state index is -0.487. The van der Waals surface area contributed by atoms with E-state index in [0.29, 0.717) is 5.95 Å². The lowest BCUT2D eigenvalue weighted by Gasteiger charge is -2.03. The van der Waals surface area contributed by atoms with E-state index in [4.69, 9.17) is 11.6 Å². The minimum absolute atomic E-state index is 0.0593. The van der Waals surface area contributed by atoms with E-state index in [0.717, 1.165) is 6.07 Å². The van der Waals surface area contributed by atoms with E-state index in [1.807, 2.05) is 0 Å². The van der Waals surface area contributed by atoms with Gasteiger partial charge in [0.1, 0.15) is 5.82 Å². The molecule has 4 nitrogen and oxygen atoms in total. The van der Waals surface area contributed by atoms with Gasteiger partial charge in [-0.25, -0.2) is 9.37 Å². The number of nitrogens with zero attached hydrogens (tertiary/aromatic N) is 1. The number of nitrogens with one attached hydrogen (secondary N) is 2. The maximum atomic E-state index is 12.8. The summed E-state index contributed by atoms with van der Waals surface area (Å²) in [4.78, 5) is 18.2. The standard InChI is InChI=1S/C10H7ClFN3O/c11-8-5-6(12)1-2-7(8)9(16)15-10-13-3-4-14-10/h1-5H,(H2,13,14,15,16). The third kappa shape index (κ3) is 2.20. The van der Waals surface area contributed by atoms with Gasteiger partial charge >= 0.3 is 0 Å². The number of anilines is 1. The normalized spacial score (nSPS) is 10.1. The Hall–Kier alpha value is -1.88. The molecule has 82 valence electrons. The van der Waals surface area contributed by atoms with Crippen LogP contribution in [-0.4, -0.2) is 15.9 Å². The van der Waals surface area contributed by atoms with Crippen molar-refractivity contribution in [2.24, 2.45) is 0 Å². The molecule has 0 aliphatic rings. The van der Waals surface area contributed by atoms with E-state index in [2.05, 4.69) is 15.3 Å². The zero-order valence-electron chi connectivity index (χ0n) is 8.00. The minimum Gasteiger partial charge on any atom is -0.331 e. The highest BCUT2D eigenvalue weighted by Gasteiger charge is 2.11. The van der Waals surface area contributed by atoms with Gasteiger partial charge in [-0.15, -0.1) is 0 Å². The van der Waals surface area contributed by atoms with Crippen molar-refractivity contribution >= 4 is 23.5 Å². The van der Waals surface area contributed by atoms with Gasteiger partial charge in [0.2, 0.25) is 5.95 Å². The van der Waals surface area contributed by atoms with Crippen LogP contribution in [0.15, 0.2) is 30.6 Å². The summed E-state index contributed by atoms with van der Waals surface area (Å²) in [5.74, 6) is -0.620. The van der Waals surface area contributed by atoms with E-state index >= 15 is 0 Å². The third-order valence-electron chi connectivity index (χ3n) is 1.91. The molecule has 0 atom stereocenters. The summed E-state index contributed by atoms with van der Waals surface area (Å²) in [6, 6.07) is 3.57. The Morgan fingerprint density at radius 2 is 2.31 bits per heavy atom. The molecule has 1 aromatic carbocycles. The fraction of sp³-hybridized carbons (Fsp3) is 0. The quantitative estimate of drug-likeness (QED) is 0.846. The van der Waals surface area contributed by atoms with Crippen molar-refractivity contribution in [1.29, 1.82) is 0 Å². The fourth-order valence-electron chi connectivity index (χ4n) is 1.18. The Morgan fingerprint density at radius 1 is 1.50 bits per heavy atom. The monoisotopic (exact) mass is 239 g/mol. The molecule has 0 saturated carbocycles. The Bertz CT molecular complexity index is 513. The molecule has 6 heteroatoms. The number of H-pyrrole nitrogens is 1. The summed E-state index contributed by atoms with van der Waals surface area (Å²) in [7, 11) is 0. The van der Waals surface area contributed by atoms with Crippen LogP contribution in [0.5, 0.6) is 0 Å². The molecule has 0 aliphatic heterocycles. The van der Waals surface area contributed by atoms with Crippen molar-refractivity contribution in [1.82, 2.24) is 9.97 Å². The second-order valence-electron chi connectivity index (χ2n) is 3.02. The predicted octanol–water partition coefficient (Wildman–Crippen LogP) is 2.45. The lowest BCUT2D eigenvalue weighted by Crippen LogP contribution is -2.13. The van der Waals surface area contributed by atoms with Gasteiger partial charge in [0.05, 0.1) is 10.6 Å². The van der Waals surface area contributed by atoms with Crippen LogP contribution in [-0.2, 0) is 0 Å². The first-order valence-corrected chi connectivity index (χ1v) is 4.80. The SMILES string of the molecule is O=C(Nc1ncc[nH]1)c1ccc(F)cc1Cl. The molecule has 0 fully saturated rings. The molecule has 0 spiro atoms. The Kier molecular flexibility index (Phi) is 2.87. The molecule has 2 rings (SSSR count). The summed E-state index contributed by atoms with van der Waals surface area (Å²) in [5, 5.41) is 2.55. The summed E-state index contributed by atoms with van der Waals surface area (Å²) >= 11 is 5.73. The van der Waals surface area contributed by atoms with Crippen molar-refractivity contribution in [3.63, 3.8) is 0 Å². The van der Waals surface area contributed by atoms with Crippen LogP contribution in [0.4, 0.5) is 10.3 Å². The van der Waals surface area contributed by atoms with E-state index < -0.39 is 11.7 Å². The van der Waals surface area contributed by atoms with Crippen LogP contribution >= 0.6 is 11.6 Å². The van der Waals surface area contributed by atoms with Crippen LogP contribution in [0.25, 0.3) is 0 Å². The Balaban J connectivity index is 2.21. The maximum Gasteiger partial charge on any atom is 0.259 e. The maximum absolute atomic E-state index is 12.8. The number of hydrogen-bond acceptors (Lipinski definition) is 2. The van der Waals surface area contributed by atoms with Gasteiger partial charge in [-0.2, -0.15) is 0 Å². The smallest absolute Gasteiger partial charge is 0.259 e. The number of halogens is 2. The molecule has 0 radical (unpaired) electrons. The van der Waals surface area contributed by atoms with Crippen molar-refractivity contribution in [3.8, 4) is 0 Å². The molecular weight excluding hydrogens is 233 g/mol. The van der Waals surface area contributed by atoms with Crippen LogP contribution in [0.3, 0.4) is 0 Å². The molecule has 0 saturated heterocycles. The van der Waals surface area contributed by atoms with Crippen molar-refractivity contribution in [2.75, 3.05) is 5.32 Å². The second-order valence-corrected chi connectivity index (χ2v) is 3.42. The van der Waals surface area contributed by atoms with Crippen LogP contribution in [0.2, 0.25) is 5.02 Å². The lowest BCUT2D eigenvalue weighted by atomic mass is 10.2. The summed E-state index contributed by atoms with van der Waals surface area (Å²) < 4.78 is 12.8. The number of benzene rings is 1. The van der Waals surface area contributed by atoms with Gasteiger partial charge in [-0.05, 0) is 18.2 Å². The number of aromatic nitrogens is 2. The van der Waals surface area contributed by atoms with Crippen LogP contribution < -0.4 is 5.32 Å². The van der Waals surface area contributed by atoms with Crippen molar-refractivity contribution < 1.29 is 9.18 Å². The molecule has 0 unspecified atom stereocenters. The van der Waals surface area contributed by atoms with Gasteiger partial charge in [0.25, 0.3) is 5.91 Å². The topological polar surface area (TPSA) is 57.8 Å². The number of aromatic amines is 1. The van der Waals surface area contributed by atoms with Gasteiger partial charge < -0.3 is 4.98 Å². The van der Waals surface area contributed by atoms with Gasteiger partial charge in [-0.1, -0.05) is 11.6 Å². The number of carbonyl (C=O) groups excluding carboxylic acids is 1. The molecule has 16 heavy (non-hydrogen) atoms. The lowest BCUT2D eigenvalue weighted by molar-refractivity contribution is 0.102. The molecule has 1 amide bonds. The Morgan fingerprint density at radius 3 is 2.94 bits per heavy atom. The van der Waals surface area contributed by atoms with E-state index in [1.54, 1.807) is 6.20 Å². The largest absolute Gasteiger partial charge is 0.331 e. The molecule has 2 aromatic rings. The number of rotatable bonds is 2. The summed E-state index contributed by atoms with van der Waals surface area (Å²) in [6.07, 6.45) is 3.07. The van der Waals surface area contributed by atoms with E-state index in [-0.39, 0.29) is 10.6 Å². The van der Waals surface area contributed by atoms with Crippen LogP contribution in [0.1, 0.15) is 10.4 Å². The van der Waals surface area contributed by atoms with Gasteiger partial charge in [-0.3, -0.25) is 10.1 Å². The average Bonchev–Trinajstić information content (AvgIpc) is 2.70. The number of amides is 1. The van der Waals surface area contributed by atoms with Gasteiger partial charge in [0, 0.05) is 12.4 Å². The number of imidazole rings is 1. The predicted molar refractivity (Wildman–Crippen MR) is 58.0 cm³/mol.